The molecule has 0 aliphatic carbocycles. The lowest BCUT2D eigenvalue weighted by molar-refractivity contribution is -0.143. The molecule has 2 unspecified atom stereocenters. The SMILES string of the molecule is CCCCCCCN(C(=O)C(CO)NC(=O)OC(C)(C)C)C(C(=O)NCc1ccccc1)c1ccccc1. The van der Waals surface area contributed by atoms with E-state index in [0.29, 0.717) is 25.1 Å². The lowest BCUT2D eigenvalue weighted by atomic mass is 10.0. The van der Waals surface area contributed by atoms with Crippen LogP contribution in [-0.2, 0) is 20.9 Å². The Hall–Kier alpha value is -3.39. The first-order chi connectivity index (χ1) is 18.2. The number of alkyl carbamates (subject to hydrolysis) is 1. The molecule has 2 aromatic rings. The van der Waals surface area contributed by atoms with Crippen LogP contribution in [0.5, 0.6) is 0 Å². The van der Waals surface area contributed by atoms with Gasteiger partial charge in [0.25, 0.3) is 0 Å². The monoisotopic (exact) mass is 525 g/mol. The third-order valence-corrected chi connectivity index (χ3v) is 5.94. The summed E-state index contributed by atoms with van der Waals surface area (Å²) in [5.74, 6) is -0.881. The molecule has 0 spiro atoms. The zero-order valence-electron chi connectivity index (χ0n) is 23.1. The minimum absolute atomic E-state index is 0.299. The smallest absolute Gasteiger partial charge is 0.408 e. The van der Waals surface area contributed by atoms with Crippen molar-refractivity contribution in [3.8, 4) is 0 Å². The summed E-state index contributed by atoms with van der Waals surface area (Å²) in [7, 11) is 0. The molecule has 0 aromatic heterocycles. The van der Waals surface area contributed by atoms with Crippen LogP contribution in [0, 0.1) is 0 Å². The highest BCUT2D eigenvalue weighted by atomic mass is 16.6. The van der Waals surface area contributed by atoms with Crippen molar-refractivity contribution in [2.24, 2.45) is 0 Å². The maximum Gasteiger partial charge on any atom is 0.408 e. The van der Waals surface area contributed by atoms with Gasteiger partial charge < -0.3 is 25.4 Å². The van der Waals surface area contributed by atoms with Gasteiger partial charge in [0.1, 0.15) is 17.7 Å². The average Bonchev–Trinajstić information content (AvgIpc) is 2.89. The van der Waals surface area contributed by atoms with E-state index in [0.717, 1.165) is 31.2 Å². The van der Waals surface area contributed by atoms with Gasteiger partial charge in [-0.2, -0.15) is 0 Å². The topological polar surface area (TPSA) is 108 Å². The van der Waals surface area contributed by atoms with Crippen LogP contribution in [0.3, 0.4) is 0 Å². The molecule has 0 saturated carbocycles. The van der Waals surface area contributed by atoms with Gasteiger partial charge in [0.05, 0.1) is 6.61 Å². The summed E-state index contributed by atoms with van der Waals surface area (Å²) in [6.45, 7) is 7.26. The molecular formula is C30H43N3O5. The first kappa shape index (κ1) is 30.8. The Morgan fingerprint density at radius 1 is 0.921 bits per heavy atom. The Kier molecular flexibility index (Phi) is 12.8. The number of unbranched alkanes of at least 4 members (excludes halogenated alkanes) is 4. The number of ether oxygens (including phenoxy) is 1. The Morgan fingerprint density at radius 3 is 2.11 bits per heavy atom. The van der Waals surface area contributed by atoms with Crippen molar-refractivity contribution < 1.29 is 24.2 Å². The molecular weight excluding hydrogens is 482 g/mol. The number of aliphatic hydroxyl groups is 1. The number of amides is 3. The summed E-state index contributed by atoms with van der Waals surface area (Å²) in [6, 6.07) is 16.4. The fraction of sp³-hybridized carbons (Fsp3) is 0.500. The van der Waals surface area contributed by atoms with Crippen molar-refractivity contribution in [1.29, 1.82) is 0 Å². The molecule has 8 nitrogen and oxygen atoms in total. The van der Waals surface area contributed by atoms with Crippen LogP contribution < -0.4 is 10.6 Å². The Morgan fingerprint density at radius 2 is 1.53 bits per heavy atom. The molecule has 0 radical (unpaired) electrons. The summed E-state index contributed by atoms with van der Waals surface area (Å²) in [4.78, 5) is 41.3. The molecule has 2 atom stereocenters. The predicted octanol–water partition coefficient (Wildman–Crippen LogP) is 4.73. The number of nitrogens with one attached hydrogen (secondary N) is 2. The van der Waals surface area contributed by atoms with Crippen LogP contribution in [0.4, 0.5) is 4.79 Å². The zero-order chi connectivity index (χ0) is 28.0. The molecule has 0 saturated heterocycles. The Labute approximate surface area is 226 Å². The van der Waals surface area contributed by atoms with Crippen molar-refractivity contribution in [3.63, 3.8) is 0 Å². The van der Waals surface area contributed by atoms with Crippen molar-refractivity contribution in [1.82, 2.24) is 15.5 Å². The van der Waals surface area contributed by atoms with Gasteiger partial charge in [-0.15, -0.1) is 0 Å². The van der Waals surface area contributed by atoms with E-state index in [4.69, 9.17) is 4.74 Å². The van der Waals surface area contributed by atoms with Gasteiger partial charge >= 0.3 is 6.09 Å². The molecule has 0 bridgehead atoms. The number of nitrogens with zero attached hydrogens (tertiary/aromatic N) is 1. The van der Waals surface area contributed by atoms with Crippen molar-refractivity contribution >= 4 is 17.9 Å². The minimum Gasteiger partial charge on any atom is -0.444 e. The molecule has 8 heteroatoms. The maximum atomic E-state index is 13.8. The number of hydrogen-bond acceptors (Lipinski definition) is 5. The second-order valence-electron chi connectivity index (χ2n) is 10.3. The van der Waals surface area contributed by atoms with Gasteiger partial charge in [-0.25, -0.2) is 4.79 Å². The second kappa shape index (κ2) is 15.8. The van der Waals surface area contributed by atoms with Gasteiger partial charge in [-0.1, -0.05) is 93.3 Å². The molecule has 3 N–H and O–H groups in total. The van der Waals surface area contributed by atoms with Crippen molar-refractivity contribution in [2.45, 2.75) is 84.0 Å². The molecule has 38 heavy (non-hydrogen) atoms. The largest absolute Gasteiger partial charge is 0.444 e. The number of hydrogen-bond donors (Lipinski definition) is 3. The van der Waals surface area contributed by atoms with E-state index in [9.17, 15) is 19.5 Å². The Balaban J connectivity index is 2.34. The molecule has 3 amide bonds. The standard InChI is InChI=1S/C30H43N3O5/c1-5-6-7-8-15-20-33(28(36)25(22-34)32-29(37)38-30(2,3)4)26(24-18-13-10-14-19-24)27(35)31-21-23-16-11-9-12-17-23/h9-14,16-19,25-26,34H,5-8,15,20-22H2,1-4H3,(H,31,35)(H,32,37). The van der Waals surface area contributed by atoms with E-state index in [1.807, 2.05) is 48.5 Å². The van der Waals surface area contributed by atoms with Crippen molar-refractivity contribution in [2.75, 3.05) is 13.2 Å². The highest BCUT2D eigenvalue weighted by molar-refractivity contribution is 5.92. The average molecular weight is 526 g/mol. The maximum absolute atomic E-state index is 13.8. The predicted molar refractivity (Wildman–Crippen MR) is 148 cm³/mol. The quantitative estimate of drug-likeness (QED) is 0.309. The van der Waals surface area contributed by atoms with E-state index in [2.05, 4.69) is 17.6 Å². The van der Waals surface area contributed by atoms with Crippen LogP contribution in [0.2, 0.25) is 0 Å². The van der Waals surface area contributed by atoms with E-state index < -0.39 is 36.3 Å². The van der Waals surface area contributed by atoms with Crippen LogP contribution >= 0.6 is 0 Å². The number of aliphatic hydroxyl groups excluding tert-OH is 1. The summed E-state index contributed by atoms with van der Waals surface area (Å²) >= 11 is 0. The lowest BCUT2D eigenvalue weighted by Gasteiger charge is -2.34. The fourth-order valence-electron chi connectivity index (χ4n) is 4.08. The third-order valence-electron chi connectivity index (χ3n) is 5.94. The summed E-state index contributed by atoms with van der Waals surface area (Å²) in [5, 5.41) is 15.5. The van der Waals surface area contributed by atoms with Gasteiger partial charge in [0, 0.05) is 13.1 Å². The third kappa shape index (κ3) is 10.5. The molecule has 0 fully saturated rings. The number of rotatable bonds is 14. The summed E-state index contributed by atoms with van der Waals surface area (Å²) in [6.07, 6.45) is 3.97. The summed E-state index contributed by atoms with van der Waals surface area (Å²) < 4.78 is 5.29. The number of benzene rings is 2. The van der Waals surface area contributed by atoms with Crippen LogP contribution in [0.25, 0.3) is 0 Å². The minimum atomic E-state index is -1.26. The second-order valence-corrected chi connectivity index (χ2v) is 10.3. The highest BCUT2D eigenvalue weighted by Crippen LogP contribution is 2.24. The normalized spacial score (nSPS) is 12.8. The van der Waals surface area contributed by atoms with E-state index >= 15 is 0 Å². The molecule has 0 aliphatic rings. The van der Waals surface area contributed by atoms with Gasteiger partial charge in [0.15, 0.2) is 0 Å². The van der Waals surface area contributed by atoms with Gasteiger partial charge in [-0.3, -0.25) is 9.59 Å². The molecule has 2 rings (SSSR count). The zero-order valence-corrected chi connectivity index (χ0v) is 23.1. The van der Waals surface area contributed by atoms with E-state index in [1.54, 1.807) is 32.9 Å². The van der Waals surface area contributed by atoms with Gasteiger partial charge in [-0.05, 0) is 38.3 Å². The van der Waals surface area contributed by atoms with E-state index in [1.165, 1.54) is 4.90 Å². The van der Waals surface area contributed by atoms with Crippen molar-refractivity contribution in [3.05, 3.63) is 71.8 Å². The molecule has 0 heterocycles. The van der Waals surface area contributed by atoms with E-state index in [-0.39, 0.29) is 5.91 Å². The number of carbonyl (C=O) groups excluding carboxylic acids is 3. The highest BCUT2D eigenvalue weighted by Gasteiger charge is 2.35. The van der Waals surface area contributed by atoms with Gasteiger partial charge in [0.2, 0.25) is 11.8 Å². The number of carbonyl (C=O) groups is 3. The lowest BCUT2D eigenvalue weighted by Crippen LogP contribution is -2.54. The van der Waals surface area contributed by atoms with Crippen LogP contribution in [0.15, 0.2) is 60.7 Å². The fourth-order valence-corrected chi connectivity index (χ4v) is 4.08. The van der Waals surface area contributed by atoms with Crippen LogP contribution in [0.1, 0.15) is 77.0 Å². The Bertz CT molecular complexity index is 992. The first-order valence-corrected chi connectivity index (χ1v) is 13.4. The molecule has 208 valence electrons. The molecule has 0 aliphatic heterocycles. The first-order valence-electron chi connectivity index (χ1n) is 13.4. The summed E-state index contributed by atoms with van der Waals surface area (Å²) in [5.41, 5.74) is 0.814. The van der Waals surface area contributed by atoms with Crippen LogP contribution in [-0.4, -0.2) is 52.7 Å². The molecule has 2 aromatic carbocycles.